The van der Waals surface area contributed by atoms with Crippen LogP contribution in [-0.4, -0.2) is 8.42 Å². The van der Waals surface area contributed by atoms with Crippen LogP contribution in [0.1, 0.15) is 5.56 Å². The van der Waals surface area contributed by atoms with E-state index in [0.717, 1.165) is 0 Å². The molecule has 0 aromatic heterocycles. The van der Waals surface area contributed by atoms with Gasteiger partial charge in [0, 0.05) is 4.47 Å². The molecule has 4 nitrogen and oxygen atoms in total. The lowest BCUT2D eigenvalue weighted by Gasteiger charge is -2.00. The fourth-order valence-electron chi connectivity index (χ4n) is 0.791. The third-order valence-corrected chi connectivity index (χ3v) is 3.27. The molecule has 0 aliphatic carbocycles. The lowest BCUT2D eigenvalue weighted by Crippen LogP contribution is -2.12. The van der Waals surface area contributed by atoms with E-state index in [0.29, 0.717) is 4.47 Å². The van der Waals surface area contributed by atoms with Gasteiger partial charge in [0.1, 0.15) is 0 Å². The second-order valence-corrected chi connectivity index (χ2v) is 4.69. The van der Waals surface area contributed by atoms with Crippen LogP contribution >= 0.6 is 15.9 Å². The molecule has 0 saturated carbocycles. The van der Waals surface area contributed by atoms with Crippen LogP contribution in [0.5, 0.6) is 0 Å². The molecule has 1 rings (SSSR count). The van der Waals surface area contributed by atoms with E-state index in [2.05, 4.69) is 15.9 Å². The Balaban J connectivity index is 3.47. The van der Waals surface area contributed by atoms with Crippen molar-refractivity contribution in [2.24, 2.45) is 5.14 Å². The third kappa shape index (κ3) is 2.28. The zero-order valence-electron chi connectivity index (χ0n) is 6.36. The monoisotopic (exact) mass is 260 g/mol. The molecule has 68 valence electrons. The van der Waals surface area contributed by atoms with Crippen LogP contribution in [0, 0.1) is 11.3 Å². The number of benzene rings is 1. The number of hydrogen-bond acceptors (Lipinski definition) is 3. The Morgan fingerprint density at radius 1 is 1.46 bits per heavy atom. The molecule has 0 aliphatic heterocycles. The van der Waals surface area contributed by atoms with Crippen LogP contribution in [0.3, 0.4) is 0 Å². The minimum atomic E-state index is -3.76. The largest absolute Gasteiger partial charge is 0.239 e. The minimum absolute atomic E-state index is 0.0773. The molecular formula is C7H5BrN2O2S. The smallest absolute Gasteiger partial charge is 0.225 e. The summed E-state index contributed by atoms with van der Waals surface area (Å²) in [6, 6.07) is 6.02. The van der Waals surface area contributed by atoms with E-state index < -0.39 is 10.0 Å². The Bertz CT molecular complexity index is 476. The summed E-state index contributed by atoms with van der Waals surface area (Å²) in [6.07, 6.45) is 0. The summed E-state index contributed by atoms with van der Waals surface area (Å²) in [5.74, 6) is 0. The molecular weight excluding hydrogens is 256 g/mol. The average molecular weight is 261 g/mol. The van der Waals surface area contributed by atoms with Crippen molar-refractivity contribution in [2.75, 3.05) is 0 Å². The maximum Gasteiger partial charge on any atom is 0.239 e. The molecule has 2 N–H and O–H groups in total. The summed E-state index contributed by atoms with van der Waals surface area (Å²) in [7, 11) is -3.76. The van der Waals surface area contributed by atoms with E-state index in [1.54, 1.807) is 0 Å². The van der Waals surface area contributed by atoms with Crippen LogP contribution in [0.2, 0.25) is 0 Å². The number of rotatable bonds is 1. The first-order valence-corrected chi connectivity index (χ1v) is 5.51. The second kappa shape index (κ2) is 3.46. The van der Waals surface area contributed by atoms with Crippen LogP contribution in [0.4, 0.5) is 0 Å². The molecule has 0 radical (unpaired) electrons. The Labute approximate surface area is 84.2 Å². The Hall–Kier alpha value is -0.900. The van der Waals surface area contributed by atoms with Gasteiger partial charge in [0.2, 0.25) is 10.0 Å². The molecule has 0 unspecified atom stereocenters. The number of nitriles is 1. The highest BCUT2D eigenvalue weighted by atomic mass is 79.9. The normalized spacial score (nSPS) is 10.8. The minimum Gasteiger partial charge on any atom is -0.225 e. The number of sulfonamides is 1. The lowest BCUT2D eigenvalue weighted by molar-refractivity contribution is 0.597. The van der Waals surface area contributed by atoms with Gasteiger partial charge in [-0.1, -0.05) is 0 Å². The van der Waals surface area contributed by atoms with Gasteiger partial charge in [-0.25, -0.2) is 13.6 Å². The zero-order chi connectivity index (χ0) is 10.1. The third-order valence-electron chi connectivity index (χ3n) is 1.37. The van der Waals surface area contributed by atoms with Crippen LogP contribution < -0.4 is 5.14 Å². The van der Waals surface area contributed by atoms with E-state index in [9.17, 15) is 8.42 Å². The number of nitrogens with zero attached hydrogens (tertiary/aromatic N) is 1. The first kappa shape index (κ1) is 10.2. The van der Waals surface area contributed by atoms with E-state index >= 15 is 0 Å². The van der Waals surface area contributed by atoms with E-state index in [4.69, 9.17) is 10.4 Å². The fraction of sp³-hybridized carbons (Fsp3) is 0. The van der Waals surface area contributed by atoms with Gasteiger partial charge in [-0.15, -0.1) is 0 Å². The van der Waals surface area contributed by atoms with Crippen molar-refractivity contribution in [3.05, 3.63) is 28.2 Å². The molecule has 0 bridgehead atoms. The van der Waals surface area contributed by atoms with Crippen molar-refractivity contribution in [3.8, 4) is 6.07 Å². The van der Waals surface area contributed by atoms with Crippen molar-refractivity contribution < 1.29 is 8.42 Å². The van der Waals surface area contributed by atoms with Crippen LogP contribution in [0.25, 0.3) is 0 Å². The molecule has 0 aliphatic rings. The van der Waals surface area contributed by atoms with Gasteiger partial charge in [-0.3, -0.25) is 0 Å². The van der Waals surface area contributed by atoms with Gasteiger partial charge in [0.05, 0.1) is 16.5 Å². The van der Waals surface area contributed by atoms with Gasteiger partial charge in [-0.2, -0.15) is 5.26 Å². The summed E-state index contributed by atoms with van der Waals surface area (Å²) < 4.78 is 22.3. The topological polar surface area (TPSA) is 83.9 Å². The van der Waals surface area contributed by atoms with Crippen molar-refractivity contribution in [2.45, 2.75) is 4.90 Å². The molecule has 1 aromatic carbocycles. The molecule has 0 atom stereocenters. The number of nitrogens with two attached hydrogens (primary N) is 1. The highest BCUT2D eigenvalue weighted by molar-refractivity contribution is 9.10. The predicted molar refractivity (Wildman–Crippen MR) is 50.2 cm³/mol. The zero-order valence-corrected chi connectivity index (χ0v) is 8.76. The summed E-state index contributed by atoms with van der Waals surface area (Å²) >= 11 is 3.03. The maximum absolute atomic E-state index is 11.0. The van der Waals surface area contributed by atoms with Gasteiger partial charge in [-0.05, 0) is 34.1 Å². The SMILES string of the molecule is N#Cc1ccc(Br)c(S(N)(=O)=O)c1. The number of halogens is 1. The van der Waals surface area contributed by atoms with Crippen molar-refractivity contribution in [3.63, 3.8) is 0 Å². The highest BCUT2D eigenvalue weighted by Crippen LogP contribution is 2.21. The Morgan fingerprint density at radius 3 is 2.54 bits per heavy atom. The second-order valence-electron chi connectivity index (χ2n) is 2.30. The van der Waals surface area contributed by atoms with E-state index in [1.165, 1.54) is 18.2 Å². The van der Waals surface area contributed by atoms with Gasteiger partial charge < -0.3 is 0 Å². The standard InChI is InChI=1S/C7H5BrN2O2S/c8-6-2-1-5(4-9)3-7(6)13(10,11)12/h1-3H,(H2,10,11,12). The Kier molecular flexibility index (Phi) is 2.71. The quantitative estimate of drug-likeness (QED) is 0.817. The number of primary sulfonamides is 1. The molecule has 0 fully saturated rings. The summed E-state index contributed by atoms with van der Waals surface area (Å²) in [5, 5.41) is 13.4. The first-order valence-electron chi connectivity index (χ1n) is 3.17. The fourth-order valence-corrected chi connectivity index (χ4v) is 2.35. The van der Waals surface area contributed by atoms with Gasteiger partial charge in [0.15, 0.2) is 0 Å². The molecule has 0 spiro atoms. The average Bonchev–Trinajstić information content (AvgIpc) is 2.03. The highest BCUT2D eigenvalue weighted by Gasteiger charge is 2.12. The summed E-state index contributed by atoms with van der Waals surface area (Å²) in [5.41, 5.74) is 0.257. The number of hydrogen-bond donors (Lipinski definition) is 1. The molecule has 0 amide bonds. The molecule has 6 heteroatoms. The first-order chi connectivity index (χ1) is 5.95. The van der Waals surface area contributed by atoms with Gasteiger partial charge in [0.25, 0.3) is 0 Å². The lowest BCUT2D eigenvalue weighted by atomic mass is 10.2. The Morgan fingerprint density at radius 2 is 2.08 bits per heavy atom. The molecule has 1 aromatic rings. The van der Waals surface area contributed by atoms with Crippen molar-refractivity contribution >= 4 is 26.0 Å². The van der Waals surface area contributed by atoms with Crippen LogP contribution in [0.15, 0.2) is 27.6 Å². The summed E-state index contributed by atoms with van der Waals surface area (Å²) in [4.78, 5) is -0.0773. The molecule has 13 heavy (non-hydrogen) atoms. The van der Waals surface area contributed by atoms with Crippen LogP contribution in [-0.2, 0) is 10.0 Å². The van der Waals surface area contributed by atoms with E-state index in [1.807, 2.05) is 6.07 Å². The maximum atomic E-state index is 11.0. The molecule has 0 heterocycles. The van der Waals surface area contributed by atoms with Crippen molar-refractivity contribution in [1.82, 2.24) is 0 Å². The predicted octanol–water partition coefficient (Wildman–Crippen LogP) is 0.968. The summed E-state index contributed by atoms with van der Waals surface area (Å²) in [6.45, 7) is 0. The van der Waals surface area contributed by atoms with Crippen molar-refractivity contribution in [1.29, 1.82) is 5.26 Å². The molecule has 0 saturated heterocycles. The van der Waals surface area contributed by atoms with Gasteiger partial charge >= 0.3 is 0 Å². The van der Waals surface area contributed by atoms with E-state index in [-0.39, 0.29) is 10.5 Å².